The van der Waals surface area contributed by atoms with E-state index >= 15 is 0 Å². The molecule has 126 valence electrons. The molecule has 1 aliphatic heterocycles. The van der Waals surface area contributed by atoms with Crippen molar-refractivity contribution in [3.63, 3.8) is 0 Å². The van der Waals surface area contributed by atoms with E-state index in [0.717, 1.165) is 26.2 Å². The molecule has 0 bridgehead atoms. The second-order valence-corrected chi connectivity index (χ2v) is 4.96. The Hall–Kier alpha value is -0.560. The molecule has 21 heavy (non-hydrogen) atoms. The van der Waals surface area contributed by atoms with E-state index in [0.29, 0.717) is 19.6 Å². The van der Waals surface area contributed by atoms with Crippen molar-refractivity contribution in [3.05, 3.63) is 0 Å². The lowest BCUT2D eigenvalue weighted by Crippen LogP contribution is -2.54. The highest BCUT2D eigenvalue weighted by Gasteiger charge is 2.24. The van der Waals surface area contributed by atoms with E-state index in [1.165, 1.54) is 0 Å². The maximum atomic E-state index is 12.0. The van der Waals surface area contributed by atoms with Crippen molar-refractivity contribution >= 4 is 36.6 Å². The molecule has 1 heterocycles. The van der Waals surface area contributed by atoms with Crippen LogP contribution < -0.4 is 5.73 Å². The van der Waals surface area contributed by atoms with E-state index in [9.17, 15) is 9.59 Å². The van der Waals surface area contributed by atoms with Gasteiger partial charge in [-0.2, -0.15) is 0 Å². The van der Waals surface area contributed by atoms with E-state index in [1.54, 1.807) is 11.8 Å². The molecule has 0 aliphatic carbocycles. The van der Waals surface area contributed by atoms with E-state index < -0.39 is 6.04 Å². The third-order valence-corrected chi connectivity index (χ3v) is 3.55. The van der Waals surface area contributed by atoms with Gasteiger partial charge in [0, 0.05) is 39.3 Å². The summed E-state index contributed by atoms with van der Waals surface area (Å²) in [6.45, 7) is 10.4. The standard InChI is InChI=1S/C13H26N4O2.2ClH/c1-4-16(5-2)12(18)10-15-6-8-17(9-7-15)13(19)11(3)14;;/h11H,4-10,14H2,1-3H3;2*1H/t11-;;/m1../s1. The van der Waals surface area contributed by atoms with Crippen LogP contribution in [0.1, 0.15) is 20.8 Å². The Morgan fingerprint density at radius 2 is 1.57 bits per heavy atom. The first kappa shape index (κ1) is 22.7. The quantitative estimate of drug-likeness (QED) is 0.774. The zero-order chi connectivity index (χ0) is 14.4. The van der Waals surface area contributed by atoms with Gasteiger partial charge in [0.1, 0.15) is 0 Å². The first-order valence-electron chi connectivity index (χ1n) is 7.04. The molecule has 0 aromatic heterocycles. The minimum atomic E-state index is -0.441. The highest BCUT2D eigenvalue weighted by Crippen LogP contribution is 2.04. The minimum Gasteiger partial charge on any atom is -0.342 e. The number of nitrogens with zero attached hydrogens (tertiary/aromatic N) is 3. The van der Waals surface area contributed by atoms with Crippen molar-refractivity contribution < 1.29 is 9.59 Å². The summed E-state index contributed by atoms with van der Waals surface area (Å²) in [5.74, 6) is 0.159. The van der Waals surface area contributed by atoms with Crippen LogP contribution in [-0.2, 0) is 9.59 Å². The fourth-order valence-corrected chi connectivity index (χ4v) is 2.28. The largest absolute Gasteiger partial charge is 0.342 e. The van der Waals surface area contributed by atoms with Gasteiger partial charge in [-0.3, -0.25) is 14.5 Å². The van der Waals surface area contributed by atoms with Gasteiger partial charge < -0.3 is 15.5 Å². The van der Waals surface area contributed by atoms with E-state index in [4.69, 9.17) is 5.73 Å². The zero-order valence-corrected chi connectivity index (χ0v) is 14.7. The molecular weight excluding hydrogens is 315 g/mol. The molecule has 0 saturated carbocycles. The Morgan fingerprint density at radius 1 is 1.10 bits per heavy atom. The molecule has 2 amide bonds. The maximum Gasteiger partial charge on any atom is 0.239 e. The van der Waals surface area contributed by atoms with Gasteiger partial charge in [0.2, 0.25) is 11.8 Å². The first-order chi connectivity index (χ1) is 8.99. The number of nitrogens with two attached hydrogens (primary N) is 1. The molecule has 0 aromatic rings. The van der Waals surface area contributed by atoms with Crippen LogP contribution in [0, 0.1) is 0 Å². The lowest BCUT2D eigenvalue weighted by atomic mass is 10.2. The fourth-order valence-electron chi connectivity index (χ4n) is 2.28. The molecule has 0 radical (unpaired) electrons. The lowest BCUT2D eigenvalue weighted by molar-refractivity contribution is -0.135. The Morgan fingerprint density at radius 3 is 1.95 bits per heavy atom. The van der Waals surface area contributed by atoms with Crippen LogP contribution in [-0.4, -0.2) is 78.4 Å². The Balaban J connectivity index is 0. The van der Waals surface area contributed by atoms with Crippen LogP contribution >= 0.6 is 24.8 Å². The molecule has 1 atom stereocenters. The summed E-state index contributed by atoms with van der Waals surface area (Å²) in [5.41, 5.74) is 5.59. The normalized spacial score (nSPS) is 16.5. The monoisotopic (exact) mass is 342 g/mol. The van der Waals surface area contributed by atoms with Gasteiger partial charge in [-0.15, -0.1) is 24.8 Å². The number of carbonyl (C=O) groups is 2. The second kappa shape index (κ2) is 11.1. The summed E-state index contributed by atoms with van der Waals surface area (Å²) >= 11 is 0. The molecule has 0 aromatic carbocycles. The summed E-state index contributed by atoms with van der Waals surface area (Å²) in [6, 6.07) is -0.441. The number of rotatable bonds is 5. The van der Waals surface area contributed by atoms with E-state index in [2.05, 4.69) is 4.90 Å². The molecule has 2 N–H and O–H groups in total. The molecule has 8 heteroatoms. The Labute approximate surface area is 139 Å². The van der Waals surface area contributed by atoms with E-state index in [1.807, 2.05) is 18.7 Å². The van der Waals surface area contributed by atoms with Crippen LogP contribution in [0.25, 0.3) is 0 Å². The van der Waals surface area contributed by atoms with Gasteiger partial charge in [0.05, 0.1) is 12.6 Å². The van der Waals surface area contributed by atoms with Gasteiger partial charge >= 0.3 is 0 Å². The van der Waals surface area contributed by atoms with E-state index in [-0.39, 0.29) is 36.6 Å². The number of piperazine rings is 1. The molecule has 1 aliphatic rings. The van der Waals surface area contributed by atoms with Gasteiger partial charge in [-0.05, 0) is 20.8 Å². The molecule has 6 nitrogen and oxygen atoms in total. The SMILES string of the molecule is CCN(CC)C(=O)CN1CCN(C(=O)[C@@H](C)N)CC1.Cl.Cl. The molecule has 0 unspecified atom stereocenters. The van der Waals surface area contributed by atoms with Crippen LogP contribution in [0.3, 0.4) is 0 Å². The fraction of sp³-hybridized carbons (Fsp3) is 0.846. The third kappa shape index (κ3) is 6.82. The average molecular weight is 343 g/mol. The van der Waals surface area contributed by atoms with Crippen molar-refractivity contribution in [3.8, 4) is 0 Å². The second-order valence-electron chi connectivity index (χ2n) is 4.96. The smallest absolute Gasteiger partial charge is 0.239 e. The zero-order valence-electron chi connectivity index (χ0n) is 13.1. The molecule has 1 rings (SSSR count). The maximum absolute atomic E-state index is 12.0. The van der Waals surface area contributed by atoms with Gasteiger partial charge in [-0.25, -0.2) is 0 Å². The number of amides is 2. The topological polar surface area (TPSA) is 69.9 Å². The molecule has 1 fully saturated rings. The van der Waals surface area contributed by atoms with Crippen molar-refractivity contribution in [2.24, 2.45) is 5.73 Å². The Bertz CT molecular complexity index is 317. The number of likely N-dealkylation sites (N-methyl/N-ethyl adjacent to an activating group) is 1. The average Bonchev–Trinajstić information content (AvgIpc) is 2.40. The van der Waals surface area contributed by atoms with Crippen molar-refractivity contribution in [2.75, 3.05) is 45.8 Å². The van der Waals surface area contributed by atoms with Crippen molar-refractivity contribution in [1.82, 2.24) is 14.7 Å². The van der Waals surface area contributed by atoms with Crippen LogP contribution in [0.15, 0.2) is 0 Å². The molecule has 1 saturated heterocycles. The predicted molar refractivity (Wildman–Crippen MR) is 89.1 cm³/mol. The number of hydrogen-bond donors (Lipinski definition) is 1. The number of halogens is 2. The van der Waals surface area contributed by atoms with Crippen molar-refractivity contribution in [1.29, 1.82) is 0 Å². The minimum absolute atomic E-state index is 0. The van der Waals surface area contributed by atoms with Gasteiger partial charge in [0.25, 0.3) is 0 Å². The predicted octanol–water partition coefficient (Wildman–Crippen LogP) is 0.190. The Kier molecular flexibility index (Phi) is 12.0. The highest BCUT2D eigenvalue weighted by molar-refractivity contribution is 5.85. The summed E-state index contributed by atoms with van der Waals surface area (Å²) in [6.07, 6.45) is 0. The van der Waals surface area contributed by atoms with Crippen LogP contribution in [0.5, 0.6) is 0 Å². The van der Waals surface area contributed by atoms with Gasteiger partial charge in [0.15, 0.2) is 0 Å². The summed E-state index contributed by atoms with van der Waals surface area (Å²) in [4.78, 5) is 29.4. The number of hydrogen-bond acceptors (Lipinski definition) is 4. The van der Waals surface area contributed by atoms with Crippen LogP contribution in [0.4, 0.5) is 0 Å². The van der Waals surface area contributed by atoms with Crippen molar-refractivity contribution in [2.45, 2.75) is 26.8 Å². The summed E-state index contributed by atoms with van der Waals surface area (Å²) in [5, 5.41) is 0. The third-order valence-electron chi connectivity index (χ3n) is 3.55. The lowest BCUT2D eigenvalue weighted by Gasteiger charge is -2.35. The first-order valence-corrected chi connectivity index (χ1v) is 7.04. The number of carbonyl (C=O) groups excluding carboxylic acids is 2. The summed E-state index contributed by atoms with van der Waals surface area (Å²) in [7, 11) is 0. The van der Waals surface area contributed by atoms with Crippen LogP contribution in [0.2, 0.25) is 0 Å². The molecule has 0 spiro atoms. The van der Waals surface area contributed by atoms with Gasteiger partial charge in [-0.1, -0.05) is 0 Å². The molecular formula is C13H28Cl2N4O2. The summed E-state index contributed by atoms with van der Waals surface area (Å²) < 4.78 is 0. The highest BCUT2D eigenvalue weighted by atomic mass is 35.5.